The number of hydrogen-bond donors (Lipinski definition) is 4. The number of aromatic hydroxyl groups is 2. The van der Waals surface area contributed by atoms with Crippen LogP contribution < -0.4 is 11.1 Å². The molecule has 0 spiro atoms. The smallest absolute Gasteiger partial charge is 0.220 e. The first-order valence-electron chi connectivity index (χ1n) is 13.3. The van der Waals surface area contributed by atoms with Gasteiger partial charge in [0, 0.05) is 34.7 Å². The van der Waals surface area contributed by atoms with Crippen LogP contribution in [-0.2, 0) is 23.2 Å². The van der Waals surface area contributed by atoms with Crippen LogP contribution in [0, 0.1) is 0 Å². The number of nitrogens with zero attached hydrogens (tertiary/aromatic N) is 3. The maximum atomic E-state index is 12.2. The highest BCUT2D eigenvalue weighted by Crippen LogP contribution is 2.38. The number of carbonyl (C=O) groups excluding carboxylic acids is 1. The third kappa shape index (κ3) is 4.75. The van der Waals surface area contributed by atoms with Crippen LogP contribution in [0.25, 0.3) is 21.9 Å². The Hall–Kier alpha value is -3.81. The van der Waals surface area contributed by atoms with Crippen molar-refractivity contribution in [2.24, 2.45) is 0 Å². The van der Waals surface area contributed by atoms with Gasteiger partial charge in [-0.05, 0) is 38.0 Å². The van der Waals surface area contributed by atoms with Crippen molar-refractivity contribution in [3.05, 3.63) is 53.3 Å². The number of aryl methyl sites for hydroxylation is 1. The number of hydrogen-bond acceptors (Lipinski definition) is 6. The van der Waals surface area contributed by atoms with Gasteiger partial charge < -0.3 is 25.8 Å². The monoisotopic (exact) mass is 517 g/mol. The van der Waals surface area contributed by atoms with Crippen molar-refractivity contribution in [1.29, 1.82) is 0 Å². The van der Waals surface area contributed by atoms with Gasteiger partial charge in [-0.2, -0.15) is 0 Å². The van der Waals surface area contributed by atoms with Crippen molar-refractivity contribution in [2.75, 3.05) is 5.73 Å². The van der Waals surface area contributed by atoms with Gasteiger partial charge in [0.1, 0.15) is 11.3 Å². The predicted octanol–water partition coefficient (Wildman–Crippen LogP) is 5.55. The summed E-state index contributed by atoms with van der Waals surface area (Å²) in [5.41, 5.74) is 9.40. The molecule has 202 valence electrons. The molecule has 0 saturated carbocycles. The third-order valence-electron chi connectivity index (χ3n) is 8.02. The number of imidazole rings is 1. The Morgan fingerprint density at radius 3 is 2.50 bits per heavy atom. The molecule has 1 amide bonds. The second kappa shape index (κ2) is 10.2. The van der Waals surface area contributed by atoms with E-state index >= 15 is 0 Å². The lowest BCUT2D eigenvalue weighted by molar-refractivity contribution is -0.123. The summed E-state index contributed by atoms with van der Waals surface area (Å²) in [5, 5.41) is 24.7. The van der Waals surface area contributed by atoms with Crippen LogP contribution in [-0.4, -0.2) is 36.2 Å². The fourth-order valence-electron chi connectivity index (χ4n) is 4.87. The topological polar surface area (TPSA) is 126 Å². The molecule has 2 aromatic carbocycles. The van der Waals surface area contributed by atoms with Gasteiger partial charge in [0.15, 0.2) is 17.3 Å². The van der Waals surface area contributed by atoms with Crippen LogP contribution in [0.5, 0.6) is 11.5 Å². The predicted molar refractivity (Wildman–Crippen MR) is 152 cm³/mol. The summed E-state index contributed by atoms with van der Waals surface area (Å²) in [6.07, 6.45) is 3.14. The maximum Gasteiger partial charge on any atom is 0.220 e. The van der Waals surface area contributed by atoms with Crippen molar-refractivity contribution < 1.29 is 15.0 Å². The number of fused-ring (bicyclic) bond motifs is 3. The number of para-hydroxylation sites is 1. The van der Waals surface area contributed by atoms with E-state index in [1.54, 1.807) is 12.1 Å². The Bertz CT molecular complexity index is 1500. The number of amides is 1. The number of nitrogens with one attached hydrogen (secondary N) is 1. The molecule has 0 unspecified atom stereocenters. The molecule has 4 aromatic rings. The molecule has 0 aliphatic heterocycles. The lowest BCUT2D eigenvalue weighted by Crippen LogP contribution is -2.55. The van der Waals surface area contributed by atoms with Crippen LogP contribution in [0.2, 0.25) is 0 Å². The average Bonchev–Trinajstić information content (AvgIpc) is 3.23. The number of rotatable bonds is 9. The molecule has 0 radical (unpaired) electrons. The lowest BCUT2D eigenvalue weighted by Gasteiger charge is -2.43. The molecule has 2 aromatic heterocycles. The number of carbonyl (C=O) groups is 1. The van der Waals surface area contributed by atoms with Crippen molar-refractivity contribution in [2.45, 2.75) is 84.7 Å². The van der Waals surface area contributed by atoms with E-state index < -0.39 is 11.0 Å². The number of unbranched alkanes of at least 4 members (excludes halogenated alkanes) is 1. The zero-order valence-electron chi connectivity index (χ0n) is 23.2. The molecule has 5 N–H and O–H groups in total. The standard InChI is InChI=1S/C30H39N5O3/c1-7-9-13-23-33-25-26(35(23)17-18-11-10-12-22(36)27(18)38)20-15-14-19(16-21(20)32-28(25)31)29(3,4)30(5,6)34-24(37)8-2/h10-12,14-16,36,38H,7-9,13,17H2,1-6H3,(H2,31,32)(H,34,37). The summed E-state index contributed by atoms with van der Waals surface area (Å²) in [4.78, 5) is 21.9. The van der Waals surface area contributed by atoms with E-state index in [1.807, 2.05) is 32.9 Å². The Morgan fingerprint density at radius 2 is 1.82 bits per heavy atom. The highest BCUT2D eigenvalue weighted by molar-refractivity contribution is 6.06. The number of pyridine rings is 1. The molecule has 0 aliphatic carbocycles. The van der Waals surface area contributed by atoms with Crippen molar-refractivity contribution in [3.63, 3.8) is 0 Å². The lowest BCUT2D eigenvalue weighted by atomic mass is 9.69. The maximum absolute atomic E-state index is 12.2. The summed E-state index contributed by atoms with van der Waals surface area (Å²) in [6.45, 7) is 12.6. The van der Waals surface area contributed by atoms with Gasteiger partial charge in [0.05, 0.1) is 17.6 Å². The van der Waals surface area contributed by atoms with Gasteiger partial charge in [-0.3, -0.25) is 4.79 Å². The summed E-state index contributed by atoms with van der Waals surface area (Å²) in [6, 6.07) is 11.1. The first-order valence-corrected chi connectivity index (χ1v) is 13.3. The van der Waals surface area contributed by atoms with Crippen LogP contribution in [0.1, 0.15) is 77.8 Å². The zero-order chi connectivity index (χ0) is 27.8. The van der Waals surface area contributed by atoms with Crippen LogP contribution in [0.3, 0.4) is 0 Å². The molecule has 8 heteroatoms. The van der Waals surface area contributed by atoms with Crippen molar-refractivity contribution in [3.8, 4) is 11.5 Å². The molecule has 4 rings (SSSR count). The molecule has 38 heavy (non-hydrogen) atoms. The van der Waals surface area contributed by atoms with E-state index in [9.17, 15) is 15.0 Å². The first-order chi connectivity index (χ1) is 17.9. The van der Waals surface area contributed by atoms with Crippen LogP contribution in [0.4, 0.5) is 5.82 Å². The van der Waals surface area contributed by atoms with Gasteiger partial charge in [-0.15, -0.1) is 0 Å². The number of anilines is 1. The number of nitrogen functional groups attached to an aromatic ring is 1. The zero-order valence-corrected chi connectivity index (χ0v) is 23.2. The Morgan fingerprint density at radius 1 is 1.08 bits per heavy atom. The molecule has 0 atom stereocenters. The van der Waals surface area contributed by atoms with E-state index in [4.69, 9.17) is 15.7 Å². The largest absolute Gasteiger partial charge is 0.504 e. The highest BCUT2D eigenvalue weighted by atomic mass is 16.3. The van der Waals surface area contributed by atoms with Crippen LogP contribution >= 0.6 is 0 Å². The van der Waals surface area contributed by atoms with Gasteiger partial charge in [-0.25, -0.2) is 9.97 Å². The summed E-state index contributed by atoms with van der Waals surface area (Å²) < 4.78 is 2.08. The fraction of sp³-hybridized carbons (Fsp3) is 0.433. The molecule has 0 fully saturated rings. The second-order valence-corrected chi connectivity index (χ2v) is 11.1. The molecule has 0 bridgehead atoms. The summed E-state index contributed by atoms with van der Waals surface area (Å²) in [5.74, 6) is 0.919. The van der Waals surface area contributed by atoms with Gasteiger partial charge in [0.25, 0.3) is 0 Å². The number of aromatic nitrogens is 3. The SMILES string of the molecule is CCCCc1nc2c(N)nc3cc(C(C)(C)C(C)(C)NC(=O)CC)ccc3c2n1Cc1cccc(O)c1O. The van der Waals surface area contributed by atoms with E-state index in [0.717, 1.165) is 47.1 Å². The van der Waals surface area contributed by atoms with Crippen molar-refractivity contribution in [1.82, 2.24) is 19.9 Å². The molecule has 8 nitrogen and oxygen atoms in total. The molecule has 0 saturated heterocycles. The van der Waals surface area contributed by atoms with E-state index in [0.29, 0.717) is 29.9 Å². The minimum absolute atomic E-state index is 0.00616. The van der Waals surface area contributed by atoms with Crippen LogP contribution in [0.15, 0.2) is 36.4 Å². The van der Waals surface area contributed by atoms with E-state index in [-0.39, 0.29) is 17.4 Å². The molecular formula is C30H39N5O3. The quantitative estimate of drug-likeness (QED) is 0.216. The minimum Gasteiger partial charge on any atom is -0.504 e. The number of nitrogens with two attached hydrogens (primary N) is 1. The Kier molecular flexibility index (Phi) is 7.28. The summed E-state index contributed by atoms with van der Waals surface area (Å²) in [7, 11) is 0. The van der Waals surface area contributed by atoms with E-state index in [2.05, 4.69) is 36.7 Å². The molecule has 2 heterocycles. The molecule has 0 aliphatic rings. The third-order valence-corrected chi connectivity index (χ3v) is 8.02. The fourth-order valence-corrected chi connectivity index (χ4v) is 4.87. The van der Waals surface area contributed by atoms with Crippen molar-refractivity contribution >= 4 is 33.7 Å². The number of phenols is 2. The van der Waals surface area contributed by atoms with Gasteiger partial charge in [-0.1, -0.05) is 58.4 Å². The molecular weight excluding hydrogens is 478 g/mol. The minimum atomic E-state index is -0.509. The first kappa shape index (κ1) is 27.2. The highest BCUT2D eigenvalue weighted by Gasteiger charge is 2.39. The number of benzene rings is 2. The Balaban J connectivity index is 1.91. The van der Waals surface area contributed by atoms with Gasteiger partial charge in [0.2, 0.25) is 5.91 Å². The van der Waals surface area contributed by atoms with E-state index in [1.165, 1.54) is 6.07 Å². The average molecular weight is 518 g/mol. The summed E-state index contributed by atoms with van der Waals surface area (Å²) >= 11 is 0. The second-order valence-electron chi connectivity index (χ2n) is 11.1. The normalized spacial score (nSPS) is 12.4. The number of phenolic OH excluding ortho intramolecular Hbond substituents is 2. The Labute approximate surface area is 223 Å². The van der Waals surface area contributed by atoms with Gasteiger partial charge >= 0.3 is 0 Å².